The number of nitrogens with one attached hydrogen (secondary N) is 1. The van der Waals surface area contributed by atoms with Gasteiger partial charge < -0.3 is 15.0 Å². The minimum Gasteiger partial charge on any atom is -0.496 e. The van der Waals surface area contributed by atoms with E-state index in [4.69, 9.17) is 10.00 Å². The van der Waals surface area contributed by atoms with Gasteiger partial charge in [0.2, 0.25) is 0 Å². The summed E-state index contributed by atoms with van der Waals surface area (Å²) in [6.45, 7) is 3.98. The van der Waals surface area contributed by atoms with Gasteiger partial charge in [-0.05, 0) is 118 Å². The average molecular weight is 523 g/mol. The smallest absolute Gasteiger partial charge is 0.252 e. The van der Waals surface area contributed by atoms with Crippen molar-refractivity contribution in [1.29, 1.82) is 5.26 Å². The zero-order valence-corrected chi connectivity index (χ0v) is 22.9. The third-order valence-electron chi connectivity index (χ3n) is 8.26. The van der Waals surface area contributed by atoms with E-state index in [-0.39, 0.29) is 5.91 Å². The number of benzene rings is 2. The number of nitriles is 1. The standard InChI is InChI=1S/C33H38N4O2/c1-39-32-29-7-3-2-6-25(29)12-14-30(32)26-16-20-37(21-17-26)19-5-4-18-35-33(38)28-13-15-31(36-23-28)27-10-8-24(22-34)9-11-27/h8-15,23,26H,2-7,16-21H2,1H3,(H,35,38). The second kappa shape index (κ2) is 12.9. The highest BCUT2D eigenvalue weighted by Crippen LogP contribution is 2.40. The zero-order valence-electron chi connectivity index (χ0n) is 22.9. The fraction of sp³-hybridized carbons (Fsp3) is 0.424. The largest absolute Gasteiger partial charge is 0.496 e. The monoisotopic (exact) mass is 522 g/mol. The van der Waals surface area contributed by atoms with Crippen LogP contribution in [0.15, 0.2) is 54.7 Å². The number of aryl methyl sites for hydroxylation is 1. The van der Waals surface area contributed by atoms with Crippen LogP contribution in [0.5, 0.6) is 5.75 Å². The molecule has 6 heteroatoms. The summed E-state index contributed by atoms with van der Waals surface area (Å²) in [6, 6.07) is 17.7. The van der Waals surface area contributed by atoms with Crippen molar-refractivity contribution in [3.8, 4) is 23.1 Å². The molecule has 2 aliphatic rings. The quantitative estimate of drug-likeness (QED) is 0.354. The number of piperidine rings is 1. The first kappa shape index (κ1) is 26.9. The molecule has 1 aliphatic carbocycles. The predicted molar refractivity (Wildman–Crippen MR) is 154 cm³/mol. The lowest BCUT2D eigenvalue weighted by Crippen LogP contribution is -2.34. The maximum Gasteiger partial charge on any atom is 0.252 e. The maximum atomic E-state index is 12.5. The number of hydrogen-bond acceptors (Lipinski definition) is 5. The third kappa shape index (κ3) is 6.49. The molecule has 0 atom stereocenters. The summed E-state index contributed by atoms with van der Waals surface area (Å²) >= 11 is 0. The molecule has 202 valence electrons. The van der Waals surface area contributed by atoms with Crippen LogP contribution in [0.3, 0.4) is 0 Å². The molecule has 1 aromatic heterocycles. The lowest BCUT2D eigenvalue weighted by molar-refractivity contribution is 0.0952. The SMILES string of the molecule is COc1c(C2CCN(CCCCNC(=O)c3ccc(-c4ccc(C#N)cc4)nc3)CC2)ccc2c1CCCC2. The average Bonchev–Trinajstić information content (AvgIpc) is 3.00. The highest BCUT2D eigenvalue weighted by molar-refractivity contribution is 5.94. The van der Waals surface area contributed by atoms with E-state index in [1.807, 2.05) is 25.3 Å². The number of pyridine rings is 1. The number of methoxy groups -OCH3 is 1. The van der Waals surface area contributed by atoms with Gasteiger partial charge in [-0.2, -0.15) is 5.26 Å². The molecule has 39 heavy (non-hydrogen) atoms. The highest BCUT2D eigenvalue weighted by atomic mass is 16.5. The first-order chi connectivity index (χ1) is 19.2. The normalized spacial score (nSPS) is 15.8. The fourth-order valence-corrected chi connectivity index (χ4v) is 6.02. The molecular formula is C33H38N4O2. The number of carbonyl (C=O) groups is 1. The number of aromatic nitrogens is 1. The molecule has 0 spiro atoms. The van der Waals surface area contributed by atoms with Crippen LogP contribution in [0.1, 0.15) is 77.1 Å². The Hall–Kier alpha value is -3.69. The van der Waals surface area contributed by atoms with E-state index in [1.165, 1.54) is 54.5 Å². The van der Waals surface area contributed by atoms with Gasteiger partial charge in [0.15, 0.2) is 0 Å². The Morgan fingerprint density at radius 3 is 2.56 bits per heavy atom. The summed E-state index contributed by atoms with van der Waals surface area (Å²) in [5.41, 5.74) is 7.25. The van der Waals surface area contributed by atoms with Crippen LogP contribution in [0.4, 0.5) is 0 Å². The van der Waals surface area contributed by atoms with Gasteiger partial charge >= 0.3 is 0 Å². The van der Waals surface area contributed by atoms with Crippen LogP contribution < -0.4 is 10.1 Å². The molecule has 2 aromatic carbocycles. The number of carbonyl (C=O) groups excluding carboxylic acids is 1. The molecule has 0 unspecified atom stereocenters. The molecule has 0 saturated carbocycles. The van der Waals surface area contributed by atoms with Gasteiger partial charge in [-0.1, -0.05) is 24.3 Å². The number of likely N-dealkylation sites (tertiary alicyclic amines) is 1. The number of rotatable bonds is 9. The van der Waals surface area contributed by atoms with E-state index in [9.17, 15) is 4.79 Å². The van der Waals surface area contributed by atoms with Crippen molar-refractivity contribution in [3.05, 3.63) is 82.5 Å². The van der Waals surface area contributed by atoms with Gasteiger partial charge in [0.05, 0.1) is 30.0 Å². The van der Waals surface area contributed by atoms with Gasteiger partial charge in [-0.25, -0.2) is 0 Å². The Morgan fingerprint density at radius 2 is 1.85 bits per heavy atom. The minimum atomic E-state index is -0.0892. The zero-order chi connectivity index (χ0) is 27.0. The van der Waals surface area contributed by atoms with Crippen molar-refractivity contribution in [2.75, 3.05) is 33.3 Å². The molecule has 2 heterocycles. The van der Waals surface area contributed by atoms with Crippen LogP contribution in [-0.4, -0.2) is 49.1 Å². The molecule has 1 saturated heterocycles. The Bertz CT molecular complexity index is 1300. The predicted octanol–water partition coefficient (Wildman–Crippen LogP) is 5.90. The molecule has 1 amide bonds. The summed E-state index contributed by atoms with van der Waals surface area (Å²) in [7, 11) is 1.84. The number of hydrogen-bond donors (Lipinski definition) is 1. The molecule has 6 nitrogen and oxygen atoms in total. The van der Waals surface area contributed by atoms with Crippen LogP contribution in [0.25, 0.3) is 11.3 Å². The van der Waals surface area contributed by atoms with Crippen molar-refractivity contribution in [3.63, 3.8) is 0 Å². The number of amides is 1. The van der Waals surface area contributed by atoms with E-state index in [0.29, 0.717) is 23.6 Å². The van der Waals surface area contributed by atoms with Gasteiger partial charge in [-0.3, -0.25) is 9.78 Å². The second-order valence-corrected chi connectivity index (χ2v) is 10.7. The van der Waals surface area contributed by atoms with Crippen molar-refractivity contribution in [2.45, 2.75) is 57.3 Å². The molecule has 3 aromatic rings. The summed E-state index contributed by atoms with van der Waals surface area (Å²) in [5.74, 6) is 1.66. The lowest BCUT2D eigenvalue weighted by atomic mass is 9.83. The number of nitrogens with zero attached hydrogens (tertiary/aromatic N) is 3. The summed E-state index contributed by atoms with van der Waals surface area (Å²) in [4.78, 5) is 19.5. The van der Waals surface area contributed by atoms with Gasteiger partial charge in [0.1, 0.15) is 5.75 Å². The van der Waals surface area contributed by atoms with Crippen LogP contribution in [-0.2, 0) is 12.8 Å². The van der Waals surface area contributed by atoms with Crippen LogP contribution in [0.2, 0.25) is 0 Å². The van der Waals surface area contributed by atoms with Crippen molar-refractivity contribution < 1.29 is 9.53 Å². The Labute approximate surface area is 232 Å². The summed E-state index contributed by atoms with van der Waals surface area (Å²) in [5, 5.41) is 12.0. The molecule has 5 rings (SSSR count). The maximum absolute atomic E-state index is 12.5. The van der Waals surface area contributed by atoms with Crippen molar-refractivity contribution in [2.24, 2.45) is 0 Å². The van der Waals surface area contributed by atoms with Gasteiger partial charge in [0, 0.05) is 18.3 Å². The van der Waals surface area contributed by atoms with Crippen LogP contribution in [0, 0.1) is 11.3 Å². The third-order valence-corrected chi connectivity index (χ3v) is 8.26. The molecule has 0 radical (unpaired) electrons. The van der Waals surface area contributed by atoms with E-state index < -0.39 is 0 Å². The van der Waals surface area contributed by atoms with Crippen molar-refractivity contribution >= 4 is 5.91 Å². The molecule has 1 N–H and O–H groups in total. The summed E-state index contributed by atoms with van der Waals surface area (Å²) in [6.07, 6.45) is 10.9. The molecule has 1 aliphatic heterocycles. The number of ether oxygens (including phenoxy) is 1. The second-order valence-electron chi connectivity index (χ2n) is 10.7. The number of fused-ring (bicyclic) bond motifs is 1. The Balaban J connectivity index is 1.02. The van der Waals surface area contributed by atoms with Gasteiger partial charge in [-0.15, -0.1) is 0 Å². The summed E-state index contributed by atoms with van der Waals surface area (Å²) < 4.78 is 5.94. The Kier molecular flexibility index (Phi) is 8.90. The fourth-order valence-electron chi connectivity index (χ4n) is 6.02. The Morgan fingerprint density at radius 1 is 1.05 bits per heavy atom. The minimum absolute atomic E-state index is 0.0892. The first-order valence-electron chi connectivity index (χ1n) is 14.3. The van der Waals surface area contributed by atoms with Crippen LogP contribution >= 0.6 is 0 Å². The van der Waals surface area contributed by atoms with E-state index >= 15 is 0 Å². The van der Waals surface area contributed by atoms with E-state index in [2.05, 4.69) is 33.4 Å². The lowest BCUT2D eigenvalue weighted by Gasteiger charge is -2.33. The van der Waals surface area contributed by atoms with E-state index in [1.54, 1.807) is 24.4 Å². The highest BCUT2D eigenvalue weighted by Gasteiger charge is 2.26. The van der Waals surface area contributed by atoms with E-state index in [0.717, 1.165) is 50.2 Å². The topological polar surface area (TPSA) is 78.2 Å². The first-order valence-corrected chi connectivity index (χ1v) is 14.3. The van der Waals surface area contributed by atoms with Gasteiger partial charge in [0.25, 0.3) is 5.91 Å². The molecule has 1 fully saturated rings. The molecule has 0 bridgehead atoms. The molecular weight excluding hydrogens is 484 g/mol. The number of unbranched alkanes of at least 4 members (excludes halogenated alkanes) is 1. The van der Waals surface area contributed by atoms with Crippen molar-refractivity contribution in [1.82, 2.24) is 15.2 Å².